The lowest BCUT2D eigenvalue weighted by molar-refractivity contribution is -0.249. The van der Waals surface area contributed by atoms with E-state index in [0.717, 1.165) is 34.4 Å². The second-order valence-corrected chi connectivity index (χ2v) is 20.6. The molecule has 434 valence electrons. The molecular formula is C63H66N4O16. The first-order valence-electron chi connectivity index (χ1n) is 27.2. The first-order valence-corrected chi connectivity index (χ1v) is 27.2. The van der Waals surface area contributed by atoms with E-state index >= 15 is 0 Å². The topological polar surface area (TPSA) is 296 Å². The van der Waals surface area contributed by atoms with Crippen molar-refractivity contribution in [3.63, 3.8) is 0 Å². The molecule has 0 aromatic heterocycles. The number of hydrogen-bond acceptors (Lipinski definition) is 19. The van der Waals surface area contributed by atoms with E-state index in [1.54, 1.807) is 25.1 Å². The molecule has 6 aromatic rings. The number of carbonyl (C=O) groups is 4. The zero-order valence-corrected chi connectivity index (χ0v) is 46.2. The largest absolute Gasteiger partial charge is 0.508 e. The van der Waals surface area contributed by atoms with E-state index in [9.17, 15) is 54.9 Å². The molecule has 9 rings (SSSR count). The summed E-state index contributed by atoms with van der Waals surface area (Å²) in [6.45, 7) is 4.17. The Morgan fingerprint density at radius 2 is 1.54 bits per heavy atom. The number of rotatable bonds is 22. The molecule has 0 saturated carbocycles. The Hall–Kier alpha value is -8.47. The average Bonchev–Trinajstić information content (AvgIpc) is 1.99. The molecule has 1 aliphatic heterocycles. The van der Waals surface area contributed by atoms with Crippen LogP contribution in [-0.4, -0.2) is 154 Å². The van der Waals surface area contributed by atoms with Gasteiger partial charge in [0.25, 0.3) is 5.91 Å². The lowest BCUT2D eigenvalue weighted by Gasteiger charge is -2.43. The van der Waals surface area contributed by atoms with Crippen LogP contribution in [0.15, 0.2) is 120 Å². The molecule has 2 aliphatic carbocycles. The number of ether oxygens (including phenoxy) is 4. The first kappa shape index (κ1) is 59.2. The number of ketones is 3. The van der Waals surface area contributed by atoms with Gasteiger partial charge >= 0.3 is 0 Å². The van der Waals surface area contributed by atoms with Crippen LogP contribution in [0.1, 0.15) is 115 Å². The lowest BCUT2D eigenvalue weighted by atomic mass is 9.72. The minimum Gasteiger partial charge on any atom is -0.508 e. The van der Waals surface area contributed by atoms with Gasteiger partial charge in [-0.15, -0.1) is 0 Å². The molecule has 0 bridgehead atoms. The predicted octanol–water partition coefficient (Wildman–Crippen LogP) is 6.16. The maximum Gasteiger partial charge on any atom is 0.256 e. The van der Waals surface area contributed by atoms with Crippen molar-refractivity contribution in [2.45, 2.75) is 75.8 Å². The van der Waals surface area contributed by atoms with E-state index < -0.39 is 102 Å². The van der Waals surface area contributed by atoms with Gasteiger partial charge in [0.2, 0.25) is 5.78 Å². The quantitative estimate of drug-likeness (QED) is 0.00917. The number of Topliss-reactive ketones (excluding diaryl/α,β-unsaturated/α-hetero) is 1. The molecule has 20 heteroatoms. The number of amides is 1. The van der Waals surface area contributed by atoms with Crippen LogP contribution in [0.4, 0.5) is 0 Å². The summed E-state index contributed by atoms with van der Waals surface area (Å²) in [5.41, 5.74) is 1.66. The second-order valence-electron chi connectivity index (χ2n) is 20.6. The number of phenols is 4. The number of likely N-dealkylation sites (N-methyl/N-ethyl adjacent to an activating group) is 1. The van der Waals surface area contributed by atoms with Crippen LogP contribution >= 0.6 is 0 Å². The van der Waals surface area contributed by atoms with Crippen molar-refractivity contribution in [1.29, 1.82) is 0 Å². The number of allylic oxidation sites excluding steroid dienone is 1. The molecule has 4 unspecified atom stereocenters. The van der Waals surface area contributed by atoms with Crippen LogP contribution in [0.3, 0.4) is 0 Å². The molecule has 3 aliphatic rings. The molecule has 83 heavy (non-hydrogen) atoms. The zero-order valence-electron chi connectivity index (χ0n) is 46.2. The highest BCUT2D eigenvalue weighted by atomic mass is 16.7. The van der Waals surface area contributed by atoms with Crippen molar-refractivity contribution in [3.8, 4) is 34.5 Å². The maximum absolute atomic E-state index is 14.1. The van der Waals surface area contributed by atoms with Crippen LogP contribution in [0.25, 0.3) is 11.1 Å². The monoisotopic (exact) mass is 1130 g/mol. The number of oxime groups is 1. The number of methoxy groups -OCH3 is 1. The molecule has 0 radical (unpaired) electrons. The van der Waals surface area contributed by atoms with Crippen LogP contribution < -0.4 is 20.1 Å². The fourth-order valence-corrected chi connectivity index (χ4v) is 10.9. The summed E-state index contributed by atoms with van der Waals surface area (Å²) in [4.78, 5) is 62.0. The Balaban J connectivity index is 0.770. The Bertz CT molecular complexity index is 3440. The Morgan fingerprint density at radius 3 is 2.24 bits per heavy atom. The van der Waals surface area contributed by atoms with E-state index in [2.05, 4.69) is 34.8 Å². The maximum atomic E-state index is 14.1. The van der Waals surface area contributed by atoms with Gasteiger partial charge in [-0.3, -0.25) is 29.4 Å². The Labute approximate surface area is 478 Å². The minimum atomic E-state index is -2.37. The number of aliphatic hydroxyl groups excluding tert-OH is 2. The molecule has 0 spiro atoms. The SMILES string of the molecule is CC/C(=C(/c1ccc(O)cc1)c1ccc(OCCN(C)CCO/N=C/c2ccc(O)c(C(=O)NCNC3CC(O[C@H]4C[C@](O)(C(=O)CO)Cc5c(O)c6c(c(O)c54)C(=O)c4c(OC)cccc4C6=O)OC(C)C3O)c2)cc1)c1ccccc1. The normalized spacial score (nSPS) is 20.5. The van der Waals surface area contributed by atoms with Crippen LogP contribution in [0.2, 0.25) is 0 Å². The van der Waals surface area contributed by atoms with E-state index in [1.165, 1.54) is 49.2 Å². The lowest BCUT2D eigenvalue weighted by Crippen LogP contribution is -2.56. The molecule has 1 saturated heterocycles. The highest BCUT2D eigenvalue weighted by Crippen LogP contribution is 2.53. The third kappa shape index (κ3) is 12.6. The fraction of sp³-hybridized carbons (Fsp3) is 0.317. The number of hydrogen-bond donors (Lipinski definition) is 9. The van der Waals surface area contributed by atoms with Crippen LogP contribution in [0.5, 0.6) is 34.5 Å². The highest BCUT2D eigenvalue weighted by Gasteiger charge is 2.50. The van der Waals surface area contributed by atoms with E-state index in [4.69, 9.17) is 23.8 Å². The molecule has 6 aromatic carbocycles. The first-order chi connectivity index (χ1) is 39.9. The number of carbonyl (C=O) groups excluding carboxylic acids is 4. The number of nitrogens with one attached hydrogen (secondary N) is 2. The standard InChI is InChI=1S/C63H66N4O16/c1-5-42(37-10-7-6-8-11-37)52(38-15-19-40(69)20-16-38)39-17-21-41(22-18-39)80-26-24-67(3)25-27-81-66-32-36-14-23-47(70)44(28-36)62(77)65-34-64-46-29-51(82-35(2)57(46)72)83-49-31-63(78,50(71)33-68)30-45-54(49)61(76)56-55(59(45)74)58(73)43-12-9-13-48(79-4)53(43)60(56)75/h6-23,28,32,35,46,49,51,57,64,68-70,72,74,76,78H,5,24-27,29-31,33-34H2,1-4H3,(H,65,77)/b52-42+,66-32+/t35?,46?,49-,51?,57?,63-/m0/s1. The molecule has 20 nitrogen and oxygen atoms in total. The summed E-state index contributed by atoms with van der Waals surface area (Å²) in [7, 11) is 3.24. The zero-order chi connectivity index (χ0) is 59.1. The van der Waals surface area contributed by atoms with E-state index in [0.29, 0.717) is 25.3 Å². The van der Waals surface area contributed by atoms with Gasteiger partial charge in [0.15, 0.2) is 17.9 Å². The molecule has 1 amide bonds. The number of fused-ring (bicyclic) bond motifs is 3. The third-order valence-corrected chi connectivity index (χ3v) is 15.3. The van der Waals surface area contributed by atoms with Crippen molar-refractivity contribution in [3.05, 3.63) is 176 Å². The second kappa shape index (κ2) is 25.8. The molecule has 6 atom stereocenters. The van der Waals surface area contributed by atoms with Crippen molar-refractivity contribution < 1.29 is 78.7 Å². The summed E-state index contributed by atoms with van der Waals surface area (Å²) in [6.07, 6.45) is -3.96. The highest BCUT2D eigenvalue weighted by molar-refractivity contribution is 6.31. The summed E-state index contributed by atoms with van der Waals surface area (Å²) in [5.74, 6) is -4.19. The van der Waals surface area contributed by atoms with Gasteiger partial charge < -0.3 is 64.8 Å². The van der Waals surface area contributed by atoms with Gasteiger partial charge in [0.1, 0.15) is 59.9 Å². The summed E-state index contributed by atoms with van der Waals surface area (Å²) >= 11 is 0. The average molecular weight is 1140 g/mol. The number of phenolic OH excluding ortho intramolecular Hbond substituents is 4. The summed E-state index contributed by atoms with van der Waals surface area (Å²) in [6, 6.07) is 33.3. The number of nitrogens with zero attached hydrogens (tertiary/aromatic N) is 2. The van der Waals surface area contributed by atoms with Gasteiger partial charge in [-0.05, 0) is 102 Å². The van der Waals surface area contributed by atoms with Crippen molar-refractivity contribution in [1.82, 2.24) is 15.5 Å². The van der Waals surface area contributed by atoms with Gasteiger partial charge in [0, 0.05) is 55.1 Å². The minimum absolute atomic E-state index is 0.0498. The van der Waals surface area contributed by atoms with Crippen molar-refractivity contribution in [2.75, 3.05) is 53.7 Å². The number of benzene rings is 6. The van der Waals surface area contributed by atoms with Gasteiger partial charge in [-0.25, -0.2) is 0 Å². The van der Waals surface area contributed by atoms with Gasteiger partial charge in [-0.2, -0.15) is 0 Å². The number of aliphatic hydroxyl groups is 3. The Morgan fingerprint density at radius 1 is 0.843 bits per heavy atom. The van der Waals surface area contributed by atoms with Crippen LogP contribution in [-0.2, 0) is 25.5 Å². The van der Waals surface area contributed by atoms with Crippen LogP contribution in [0, 0.1) is 0 Å². The molecular weight excluding hydrogens is 1070 g/mol. The van der Waals surface area contributed by atoms with E-state index in [-0.39, 0.29) is 64.8 Å². The molecule has 9 N–H and O–H groups in total. The predicted molar refractivity (Wildman–Crippen MR) is 305 cm³/mol. The Kier molecular flexibility index (Phi) is 18.4. The third-order valence-electron chi connectivity index (χ3n) is 15.3. The smallest absolute Gasteiger partial charge is 0.256 e. The summed E-state index contributed by atoms with van der Waals surface area (Å²) in [5, 5.41) is 86.8. The van der Waals surface area contributed by atoms with E-state index in [1.807, 2.05) is 66.5 Å². The van der Waals surface area contributed by atoms with Crippen molar-refractivity contribution >= 4 is 40.6 Å². The van der Waals surface area contributed by atoms with Gasteiger partial charge in [-0.1, -0.05) is 78.8 Å². The fourth-order valence-electron chi connectivity index (χ4n) is 10.9. The molecule has 1 heterocycles. The van der Waals surface area contributed by atoms with Gasteiger partial charge in [0.05, 0.1) is 60.6 Å². The van der Waals surface area contributed by atoms with Crippen molar-refractivity contribution in [2.24, 2.45) is 5.16 Å². The number of aromatic hydroxyl groups is 4. The summed E-state index contributed by atoms with van der Waals surface area (Å²) < 4.78 is 23.8. The molecule has 1 fully saturated rings.